The van der Waals surface area contributed by atoms with Gasteiger partial charge in [0.25, 0.3) is 5.91 Å². The number of nitrogen functional groups attached to an aromatic ring is 1. The van der Waals surface area contributed by atoms with Crippen molar-refractivity contribution in [2.24, 2.45) is 5.73 Å². The molecule has 7 nitrogen and oxygen atoms in total. The van der Waals surface area contributed by atoms with Gasteiger partial charge in [-0.1, -0.05) is 48.5 Å². The van der Waals surface area contributed by atoms with E-state index in [-0.39, 0.29) is 11.6 Å². The van der Waals surface area contributed by atoms with E-state index in [2.05, 4.69) is 11.9 Å². The average Bonchev–Trinajstić information content (AvgIpc) is 3.36. The summed E-state index contributed by atoms with van der Waals surface area (Å²) < 4.78 is 1.76. The smallest absolute Gasteiger partial charge is 0.254 e. The molecule has 3 heterocycles. The largest absolute Gasteiger partial charge is 0.383 e. The lowest BCUT2D eigenvalue weighted by molar-refractivity contribution is 0.100. The predicted octanol–water partition coefficient (Wildman–Crippen LogP) is 3.32. The van der Waals surface area contributed by atoms with E-state index in [1.165, 1.54) is 0 Å². The molecule has 0 bridgehead atoms. The van der Waals surface area contributed by atoms with E-state index in [0.29, 0.717) is 11.5 Å². The Labute approximate surface area is 180 Å². The number of benzene rings is 2. The van der Waals surface area contributed by atoms with Gasteiger partial charge in [-0.3, -0.25) is 4.79 Å². The minimum Gasteiger partial charge on any atom is -0.383 e. The highest BCUT2D eigenvalue weighted by atomic mass is 16.1. The summed E-state index contributed by atoms with van der Waals surface area (Å²) in [6.45, 7) is 1.80. The summed E-state index contributed by atoms with van der Waals surface area (Å²) in [6.07, 6.45) is 0.930. The number of likely N-dealkylation sites (N-methyl/N-ethyl adjacent to an activating group) is 1. The van der Waals surface area contributed by atoms with Crippen molar-refractivity contribution in [1.82, 2.24) is 19.7 Å². The van der Waals surface area contributed by atoms with Crippen LogP contribution in [0.2, 0.25) is 0 Å². The molecule has 1 aliphatic rings. The first-order valence-corrected chi connectivity index (χ1v) is 10.3. The van der Waals surface area contributed by atoms with Gasteiger partial charge in [-0.25, -0.2) is 9.67 Å². The summed E-state index contributed by atoms with van der Waals surface area (Å²) in [5, 5.41) is 5.75. The number of likely N-dealkylation sites (tertiary alicyclic amines) is 1. The van der Waals surface area contributed by atoms with Gasteiger partial charge in [-0.15, -0.1) is 0 Å². The minimum atomic E-state index is -0.573. The van der Waals surface area contributed by atoms with Crippen LogP contribution in [-0.4, -0.2) is 45.7 Å². The molecule has 0 saturated carbocycles. The van der Waals surface area contributed by atoms with Gasteiger partial charge in [-0.2, -0.15) is 5.10 Å². The second-order valence-corrected chi connectivity index (χ2v) is 8.09. The average molecular weight is 412 g/mol. The number of nitrogens with zero attached hydrogens (tertiary/aromatic N) is 4. The number of primary amides is 1. The van der Waals surface area contributed by atoms with Crippen molar-refractivity contribution in [2.75, 3.05) is 25.9 Å². The molecule has 2 aromatic carbocycles. The molecule has 1 atom stereocenters. The van der Waals surface area contributed by atoms with E-state index in [1.54, 1.807) is 4.68 Å². The van der Waals surface area contributed by atoms with Crippen molar-refractivity contribution in [1.29, 1.82) is 0 Å². The van der Waals surface area contributed by atoms with Crippen LogP contribution < -0.4 is 11.5 Å². The van der Waals surface area contributed by atoms with Crippen molar-refractivity contribution in [3.63, 3.8) is 0 Å². The van der Waals surface area contributed by atoms with Gasteiger partial charge in [-0.05, 0) is 25.6 Å². The number of anilines is 1. The maximum Gasteiger partial charge on any atom is 0.254 e. The van der Waals surface area contributed by atoms with E-state index >= 15 is 0 Å². The zero-order chi connectivity index (χ0) is 21.5. The van der Waals surface area contributed by atoms with Crippen molar-refractivity contribution < 1.29 is 4.79 Å². The number of aromatic nitrogens is 3. The van der Waals surface area contributed by atoms with Gasteiger partial charge in [0.1, 0.15) is 17.1 Å². The Hall–Kier alpha value is -3.71. The third kappa shape index (κ3) is 3.43. The molecule has 4 aromatic rings. The molecule has 1 aliphatic heterocycles. The number of carbonyl (C=O) groups is 1. The third-order valence-corrected chi connectivity index (χ3v) is 5.94. The lowest BCUT2D eigenvalue weighted by atomic mass is 10.0. The summed E-state index contributed by atoms with van der Waals surface area (Å²) in [4.78, 5) is 19.3. The second-order valence-electron chi connectivity index (χ2n) is 8.09. The molecule has 1 fully saturated rings. The highest BCUT2D eigenvalue weighted by Gasteiger charge is 2.28. The van der Waals surface area contributed by atoms with E-state index in [9.17, 15) is 4.79 Å². The number of hydrogen-bond donors (Lipinski definition) is 2. The Morgan fingerprint density at radius 3 is 2.55 bits per heavy atom. The summed E-state index contributed by atoms with van der Waals surface area (Å²) in [5.41, 5.74) is 16.4. The molecule has 31 heavy (non-hydrogen) atoms. The fourth-order valence-electron chi connectivity index (χ4n) is 4.32. The summed E-state index contributed by atoms with van der Waals surface area (Å²) in [6, 6.07) is 20.1. The number of rotatable bonds is 4. The van der Waals surface area contributed by atoms with Gasteiger partial charge in [0.15, 0.2) is 0 Å². The van der Waals surface area contributed by atoms with Crippen LogP contribution in [0, 0.1) is 0 Å². The van der Waals surface area contributed by atoms with Crippen LogP contribution in [0.3, 0.4) is 0 Å². The Morgan fingerprint density at radius 1 is 1.06 bits per heavy atom. The van der Waals surface area contributed by atoms with Crippen LogP contribution >= 0.6 is 0 Å². The molecule has 5 rings (SSSR count). The van der Waals surface area contributed by atoms with Crippen LogP contribution in [0.25, 0.3) is 33.4 Å². The highest BCUT2D eigenvalue weighted by molar-refractivity contribution is 6.04. The maximum atomic E-state index is 12.3. The summed E-state index contributed by atoms with van der Waals surface area (Å²) in [5.74, 6) is -0.245. The molecule has 0 aliphatic carbocycles. The molecule has 156 valence electrons. The van der Waals surface area contributed by atoms with Gasteiger partial charge in [0, 0.05) is 29.6 Å². The molecule has 1 amide bonds. The molecule has 7 heteroatoms. The number of amides is 1. The van der Waals surface area contributed by atoms with Crippen LogP contribution in [0.15, 0.2) is 60.7 Å². The zero-order valence-electron chi connectivity index (χ0n) is 17.3. The van der Waals surface area contributed by atoms with Crippen molar-refractivity contribution in [3.8, 4) is 22.5 Å². The molecular formula is C24H24N6O. The molecule has 1 unspecified atom stereocenters. The third-order valence-electron chi connectivity index (χ3n) is 5.94. The van der Waals surface area contributed by atoms with Gasteiger partial charge < -0.3 is 16.4 Å². The molecule has 0 radical (unpaired) electrons. The number of carbonyl (C=O) groups excluding carboxylic acids is 1. The lowest BCUT2D eigenvalue weighted by Gasteiger charge is -2.12. The number of nitrogens with two attached hydrogens (primary N) is 2. The number of fused-ring (bicyclic) bond motifs is 1. The summed E-state index contributed by atoms with van der Waals surface area (Å²) in [7, 11) is 2.06. The quantitative estimate of drug-likeness (QED) is 0.535. The second kappa shape index (κ2) is 7.52. The fourth-order valence-corrected chi connectivity index (χ4v) is 4.32. The van der Waals surface area contributed by atoms with Gasteiger partial charge in [0.05, 0.1) is 17.3 Å². The van der Waals surface area contributed by atoms with Crippen molar-refractivity contribution in [2.45, 2.75) is 12.5 Å². The fraction of sp³-hybridized carbons (Fsp3) is 0.208. The van der Waals surface area contributed by atoms with Crippen LogP contribution in [0.4, 0.5) is 5.82 Å². The monoisotopic (exact) mass is 412 g/mol. The first-order valence-electron chi connectivity index (χ1n) is 10.3. The molecule has 4 N–H and O–H groups in total. The van der Waals surface area contributed by atoms with E-state index in [4.69, 9.17) is 21.5 Å². The molecule has 1 saturated heterocycles. The Bertz CT molecular complexity index is 1280. The Balaban J connectivity index is 1.62. The van der Waals surface area contributed by atoms with Crippen LogP contribution in [-0.2, 0) is 0 Å². The van der Waals surface area contributed by atoms with Crippen molar-refractivity contribution >= 4 is 22.6 Å². The predicted molar refractivity (Wildman–Crippen MR) is 122 cm³/mol. The zero-order valence-corrected chi connectivity index (χ0v) is 17.3. The van der Waals surface area contributed by atoms with E-state index in [1.807, 2.05) is 60.7 Å². The van der Waals surface area contributed by atoms with E-state index in [0.717, 1.165) is 47.2 Å². The topological polar surface area (TPSA) is 103 Å². The highest BCUT2D eigenvalue weighted by Crippen LogP contribution is 2.33. The normalized spacial score (nSPS) is 16.7. The first-order chi connectivity index (χ1) is 15.0. The summed E-state index contributed by atoms with van der Waals surface area (Å²) >= 11 is 0. The molecule has 0 spiro atoms. The van der Waals surface area contributed by atoms with E-state index < -0.39 is 5.91 Å². The first kappa shape index (κ1) is 19.3. The molecule has 2 aromatic heterocycles. The maximum absolute atomic E-state index is 12.3. The number of hydrogen-bond acceptors (Lipinski definition) is 5. The number of pyridine rings is 1. The van der Waals surface area contributed by atoms with Crippen LogP contribution in [0.1, 0.15) is 22.8 Å². The Morgan fingerprint density at radius 2 is 1.84 bits per heavy atom. The molecular weight excluding hydrogens is 388 g/mol. The minimum absolute atomic E-state index is 0.125. The Kier molecular flexibility index (Phi) is 4.67. The van der Waals surface area contributed by atoms with Crippen LogP contribution in [0.5, 0.6) is 0 Å². The van der Waals surface area contributed by atoms with Gasteiger partial charge >= 0.3 is 0 Å². The van der Waals surface area contributed by atoms with Crippen molar-refractivity contribution in [3.05, 3.63) is 66.2 Å². The lowest BCUT2D eigenvalue weighted by Crippen LogP contribution is -2.19. The standard InChI is InChI=1S/C24H24N6O/c1-29-12-11-18(14-29)30-23(25)21(24(26)31)22(28-30)17-8-7-16-9-10-19(27-20(16)13-17)15-5-3-2-4-6-15/h2-10,13,18H,11-12,14,25H2,1H3,(H2,26,31). The SMILES string of the molecule is CN1CCC(n2nc(-c3ccc4ccc(-c5ccccc5)nc4c3)c(C(N)=O)c2N)C1. The van der Waals surface area contributed by atoms with Gasteiger partial charge in [0.2, 0.25) is 0 Å².